The Labute approximate surface area is 215 Å². The Hall–Kier alpha value is -3.46. The zero-order chi connectivity index (χ0) is 28.0. The predicted molar refractivity (Wildman–Crippen MR) is 134 cm³/mol. The van der Waals surface area contributed by atoms with Gasteiger partial charge in [-0.25, -0.2) is 4.79 Å². The van der Waals surface area contributed by atoms with E-state index in [9.17, 15) is 29.1 Å². The lowest BCUT2D eigenvalue weighted by Crippen LogP contribution is -2.56. The van der Waals surface area contributed by atoms with Gasteiger partial charge in [-0.2, -0.15) is 0 Å². The molecular formula is C22H40N8O7. The average molecular weight is 529 g/mol. The van der Waals surface area contributed by atoms with Crippen LogP contribution in [0.5, 0.6) is 0 Å². The van der Waals surface area contributed by atoms with Crippen LogP contribution in [0.25, 0.3) is 0 Å². The van der Waals surface area contributed by atoms with Crippen molar-refractivity contribution < 1.29 is 34.2 Å². The standard InChI is InChI=1S/C22H40N8O7/c23-10-2-1-5-14(18(33)29-15(21(36)37)6-3-11-27-22(25)26)28-19(34)16-7-4-12-30(16)20(35)13(24)8-9-17(31)32/h13-16H,1-12,23-24H2,(H,28,34)(H,29,33)(H,31,32)(H,36,37)(H4,25,26,27). The Balaban J connectivity index is 2.87. The SMILES string of the molecule is NCCCCC(NC(=O)C1CCCN1C(=O)C(N)CCC(=O)O)C(=O)NC(CCCN=C(N)N)C(=O)O. The summed E-state index contributed by atoms with van der Waals surface area (Å²) in [6, 6.07) is -4.20. The van der Waals surface area contributed by atoms with E-state index in [2.05, 4.69) is 15.6 Å². The fourth-order valence-electron chi connectivity index (χ4n) is 3.98. The first kappa shape index (κ1) is 31.6. The molecule has 0 aromatic heterocycles. The van der Waals surface area contributed by atoms with Gasteiger partial charge in [-0.15, -0.1) is 0 Å². The second-order valence-electron chi connectivity index (χ2n) is 8.92. The molecule has 0 aromatic rings. The van der Waals surface area contributed by atoms with Crippen LogP contribution in [0, 0.1) is 0 Å². The number of aliphatic carboxylic acids is 2. The summed E-state index contributed by atoms with van der Waals surface area (Å²) in [6.07, 6.45) is 2.23. The van der Waals surface area contributed by atoms with Gasteiger partial charge in [0.25, 0.3) is 0 Å². The molecule has 1 fully saturated rings. The van der Waals surface area contributed by atoms with Gasteiger partial charge in [-0.1, -0.05) is 0 Å². The molecular weight excluding hydrogens is 488 g/mol. The summed E-state index contributed by atoms with van der Waals surface area (Å²) in [4.78, 5) is 66.3. The van der Waals surface area contributed by atoms with Crippen LogP contribution in [0.2, 0.25) is 0 Å². The first-order valence-electron chi connectivity index (χ1n) is 12.3. The van der Waals surface area contributed by atoms with Crippen LogP contribution in [-0.4, -0.2) is 94.5 Å². The third-order valence-corrected chi connectivity index (χ3v) is 5.96. The van der Waals surface area contributed by atoms with Crippen molar-refractivity contribution in [3.05, 3.63) is 0 Å². The van der Waals surface area contributed by atoms with E-state index >= 15 is 0 Å². The zero-order valence-corrected chi connectivity index (χ0v) is 20.9. The lowest BCUT2D eigenvalue weighted by atomic mass is 10.1. The number of amides is 3. The maximum Gasteiger partial charge on any atom is 0.326 e. The summed E-state index contributed by atoms with van der Waals surface area (Å²) >= 11 is 0. The molecule has 0 spiro atoms. The highest BCUT2D eigenvalue weighted by atomic mass is 16.4. The van der Waals surface area contributed by atoms with Gasteiger partial charge < -0.3 is 48.7 Å². The first-order valence-corrected chi connectivity index (χ1v) is 12.3. The fourth-order valence-corrected chi connectivity index (χ4v) is 3.98. The van der Waals surface area contributed by atoms with Crippen molar-refractivity contribution in [2.45, 2.75) is 82.0 Å². The highest BCUT2D eigenvalue weighted by molar-refractivity contribution is 5.94. The summed E-state index contributed by atoms with van der Waals surface area (Å²) in [6.45, 7) is 0.849. The van der Waals surface area contributed by atoms with Gasteiger partial charge in [-0.05, 0) is 57.9 Å². The van der Waals surface area contributed by atoms with Crippen molar-refractivity contribution in [2.24, 2.45) is 27.9 Å². The maximum atomic E-state index is 13.1. The molecule has 1 aliphatic rings. The van der Waals surface area contributed by atoms with E-state index < -0.39 is 53.8 Å². The number of nitrogens with one attached hydrogen (secondary N) is 2. The molecule has 4 atom stereocenters. The number of likely N-dealkylation sites (tertiary alicyclic amines) is 1. The number of carbonyl (C=O) groups excluding carboxylic acids is 3. The van der Waals surface area contributed by atoms with Gasteiger partial charge in [0, 0.05) is 19.5 Å². The van der Waals surface area contributed by atoms with E-state index in [1.165, 1.54) is 4.90 Å². The number of hydrogen-bond donors (Lipinski definition) is 8. The molecule has 0 aliphatic carbocycles. The number of aliphatic imine (C=N–C) groups is 1. The summed E-state index contributed by atoms with van der Waals surface area (Å²) in [5.74, 6) is -4.22. The van der Waals surface area contributed by atoms with E-state index in [0.717, 1.165) is 0 Å². The second-order valence-corrected chi connectivity index (χ2v) is 8.92. The number of unbranched alkanes of at least 4 members (excludes halogenated alkanes) is 1. The van der Waals surface area contributed by atoms with E-state index in [-0.39, 0.29) is 44.7 Å². The molecule has 12 N–H and O–H groups in total. The van der Waals surface area contributed by atoms with E-state index in [4.69, 9.17) is 28.0 Å². The summed E-state index contributed by atoms with van der Waals surface area (Å²) in [7, 11) is 0. The normalized spacial score (nSPS) is 17.4. The molecule has 15 nitrogen and oxygen atoms in total. The average Bonchev–Trinajstić information content (AvgIpc) is 3.33. The van der Waals surface area contributed by atoms with Crippen molar-refractivity contribution in [1.29, 1.82) is 0 Å². The maximum absolute atomic E-state index is 13.1. The molecule has 1 saturated heterocycles. The Morgan fingerprint density at radius 2 is 1.65 bits per heavy atom. The number of carboxylic acids is 2. The van der Waals surface area contributed by atoms with Gasteiger partial charge >= 0.3 is 11.9 Å². The first-order chi connectivity index (χ1) is 17.5. The van der Waals surface area contributed by atoms with Crippen molar-refractivity contribution in [3.8, 4) is 0 Å². The zero-order valence-electron chi connectivity index (χ0n) is 20.9. The summed E-state index contributed by atoms with van der Waals surface area (Å²) < 4.78 is 0. The smallest absolute Gasteiger partial charge is 0.326 e. The van der Waals surface area contributed by atoms with Gasteiger partial charge in [0.1, 0.15) is 18.1 Å². The van der Waals surface area contributed by atoms with Crippen LogP contribution >= 0.6 is 0 Å². The molecule has 3 amide bonds. The minimum atomic E-state index is -1.24. The number of hydrogen-bond acceptors (Lipinski definition) is 8. The molecule has 0 radical (unpaired) electrons. The lowest BCUT2D eigenvalue weighted by molar-refractivity contribution is -0.143. The highest BCUT2D eigenvalue weighted by Gasteiger charge is 2.37. The minimum Gasteiger partial charge on any atom is -0.481 e. The third-order valence-electron chi connectivity index (χ3n) is 5.96. The number of rotatable bonds is 17. The molecule has 0 bridgehead atoms. The largest absolute Gasteiger partial charge is 0.481 e. The fraction of sp³-hybridized carbons (Fsp3) is 0.727. The quantitative estimate of drug-likeness (QED) is 0.0551. The van der Waals surface area contributed by atoms with Crippen LogP contribution in [0.3, 0.4) is 0 Å². The number of nitrogens with two attached hydrogens (primary N) is 4. The molecule has 1 heterocycles. The molecule has 1 aliphatic heterocycles. The Bertz CT molecular complexity index is 834. The second kappa shape index (κ2) is 16.3. The number of guanidine groups is 1. The predicted octanol–water partition coefficient (Wildman–Crippen LogP) is -2.59. The number of carboxylic acid groups (broad SMARTS) is 2. The van der Waals surface area contributed by atoms with Crippen LogP contribution < -0.4 is 33.6 Å². The van der Waals surface area contributed by atoms with Gasteiger partial charge in [0.05, 0.1) is 6.04 Å². The van der Waals surface area contributed by atoms with Crippen molar-refractivity contribution >= 4 is 35.6 Å². The van der Waals surface area contributed by atoms with Gasteiger partial charge in [-0.3, -0.25) is 24.2 Å². The Kier molecular flexibility index (Phi) is 13.9. The molecule has 37 heavy (non-hydrogen) atoms. The number of carbonyl (C=O) groups is 5. The Morgan fingerprint density at radius 3 is 2.24 bits per heavy atom. The van der Waals surface area contributed by atoms with Crippen molar-refractivity contribution in [1.82, 2.24) is 15.5 Å². The lowest BCUT2D eigenvalue weighted by Gasteiger charge is -2.28. The van der Waals surface area contributed by atoms with Gasteiger partial charge in [0.15, 0.2) is 5.96 Å². The molecule has 0 saturated carbocycles. The highest BCUT2D eigenvalue weighted by Crippen LogP contribution is 2.20. The van der Waals surface area contributed by atoms with Crippen LogP contribution in [0.1, 0.15) is 57.8 Å². The summed E-state index contributed by atoms with van der Waals surface area (Å²) in [5, 5.41) is 23.4. The van der Waals surface area contributed by atoms with E-state index in [1.807, 2.05) is 0 Å². The Morgan fingerprint density at radius 1 is 0.973 bits per heavy atom. The van der Waals surface area contributed by atoms with Crippen LogP contribution in [0.15, 0.2) is 4.99 Å². The van der Waals surface area contributed by atoms with E-state index in [1.54, 1.807) is 0 Å². The van der Waals surface area contributed by atoms with E-state index in [0.29, 0.717) is 38.6 Å². The van der Waals surface area contributed by atoms with Crippen LogP contribution in [-0.2, 0) is 24.0 Å². The summed E-state index contributed by atoms with van der Waals surface area (Å²) in [5.41, 5.74) is 21.9. The number of nitrogens with zero attached hydrogens (tertiary/aromatic N) is 2. The molecule has 1 rings (SSSR count). The van der Waals surface area contributed by atoms with Gasteiger partial charge in [0.2, 0.25) is 17.7 Å². The van der Waals surface area contributed by atoms with Crippen LogP contribution in [0.4, 0.5) is 0 Å². The monoisotopic (exact) mass is 528 g/mol. The third kappa shape index (κ3) is 11.4. The van der Waals surface area contributed by atoms with Crippen molar-refractivity contribution in [2.75, 3.05) is 19.6 Å². The topological polar surface area (TPSA) is 270 Å². The van der Waals surface area contributed by atoms with Crippen molar-refractivity contribution in [3.63, 3.8) is 0 Å². The molecule has 4 unspecified atom stereocenters. The molecule has 210 valence electrons. The molecule has 15 heteroatoms. The minimum absolute atomic E-state index is 0.0666. The molecule has 0 aromatic carbocycles.